The fraction of sp³-hybridized carbons (Fsp3) is 0.304. The lowest BCUT2D eigenvalue weighted by molar-refractivity contribution is -0.143. The van der Waals surface area contributed by atoms with Crippen molar-refractivity contribution in [2.75, 3.05) is 18.0 Å². The number of nitrogens with one attached hydrogen (secondary N) is 1. The summed E-state index contributed by atoms with van der Waals surface area (Å²) < 4.78 is 39.8. The number of benzene rings is 1. The van der Waals surface area contributed by atoms with E-state index in [1.165, 1.54) is 18.3 Å². The molecule has 3 N–H and O–H groups in total. The Morgan fingerprint density at radius 3 is 2.68 bits per heavy atom. The van der Waals surface area contributed by atoms with Gasteiger partial charge in [-0.3, -0.25) is 4.98 Å². The normalized spacial score (nSPS) is 24.3. The third-order valence-corrected chi connectivity index (χ3v) is 7.69. The van der Waals surface area contributed by atoms with Crippen LogP contribution < -0.4 is 10.6 Å². The first-order chi connectivity index (χ1) is 16.3. The Labute approximate surface area is 197 Å². The monoisotopic (exact) mass is 483 g/mol. The molecule has 1 aliphatic carbocycles. The number of H-pyrrole nitrogens is 1. The highest BCUT2D eigenvalue weighted by molar-refractivity contribution is 7.99. The number of imidazole rings is 1. The van der Waals surface area contributed by atoms with E-state index in [1.807, 2.05) is 18.2 Å². The molecule has 7 nitrogen and oxygen atoms in total. The Bertz CT molecular complexity index is 1360. The minimum atomic E-state index is -4.55. The molecule has 1 saturated heterocycles. The van der Waals surface area contributed by atoms with E-state index in [4.69, 9.17) is 5.73 Å². The number of nitrogens with zero attached hydrogens (tertiary/aromatic N) is 5. The average molecular weight is 484 g/mol. The van der Waals surface area contributed by atoms with Gasteiger partial charge in [-0.1, -0.05) is 42.1 Å². The Kier molecular flexibility index (Phi) is 4.82. The van der Waals surface area contributed by atoms with Gasteiger partial charge in [-0.15, -0.1) is 0 Å². The Morgan fingerprint density at radius 1 is 1.06 bits per heavy atom. The third kappa shape index (κ3) is 3.50. The number of aromatic amines is 1. The molecule has 3 aromatic heterocycles. The van der Waals surface area contributed by atoms with Gasteiger partial charge >= 0.3 is 6.18 Å². The molecule has 0 spiro atoms. The van der Waals surface area contributed by atoms with E-state index in [9.17, 15) is 13.2 Å². The number of hydrogen-bond donors (Lipinski definition) is 2. The molecule has 6 rings (SSSR count). The molecule has 0 radical (unpaired) electrons. The Morgan fingerprint density at radius 2 is 1.88 bits per heavy atom. The second kappa shape index (κ2) is 7.67. The van der Waals surface area contributed by atoms with Crippen LogP contribution >= 0.6 is 11.8 Å². The van der Waals surface area contributed by atoms with E-state index in [-0.39, 0.29) is 10.4 Å². The fourth-order valence-electron chi connectivity index (χ4n) is 5.02. The maximum atomic E-state index is 13.3. The molecule has 174 valence electrons. The molecule has 0 unspecified atom stereocenters. The lowest BCUT2D eigenvalue weighted by atomic mass is 10.0. The third-order valence-electron chi connectivity index (χ3n) is 6.73. The zero-order chi connectivity index (χ0) is 23.5. The standard InChI is InChI=1S/C23H20F3N7S/c24-23(25,26)18-16(7-4-9-28-18)34-17-11-29-19-20(30-17)32-21(31-19)33-10-8-14-15(12-33)22(14,27)13-5-2-1-3-6-13/h1-7,9,11,14-15H,8,10,12,27H2,(H,29,30,31,32)/t14-,15+,22-/m1/s1. The topological polar surface area (TPSA) is 96.6 Å². The van der Waals surface area contributed by atoms with Crippen LogP contribution in [0.1, 0.15) is 17.7 Å². The number of pyridine rings is 1. The zero-order valence-electron chi connectivity index (χ0n) is 17.8. The number of anilines is 1. The van der Waals surface area contributed by atoms with Crippen molar-refractivity contribution in [3.8, 4) is 0 Å². The van der Waals surface area contributed by atoms with Crippen LogP contribution in [0, 0.1) is 11.8 Å². The van der Waals surface area contributed by atoms with Crippen molar-refractivity contribution < 1.29 is 13.2 Å². The first kappa shape index (κ1) is 21.4. The molecule has 1 aromatic carbocycles. The summed E-state index contributed by atoms with van der Waals surface area (Å²) in [5, 5.41) is 0.326. The highest BCUT2D eigenvalue weighted by Gasteiger charge is 2.64. The van der Waals surface area contributed by atoms with Crippen molar-refractivity contribution in [3.63, 3.8) is 0 Å². The summed E-state index contributed by atoms with van der Waals surface area (Å²) in [6.45, 7) is 1.57. The molecule has 0 bridgehead atoms. The minimum absolute atomic E-state index is 0.0283. The summed E-state index contributed by atoms with van der Waals surface area (Å²) >= 11 is 0.871. The van der Waals surface area contributed by atoms with Gasteiger partial charge in [-0.05, 0) is 30.0 Å². The van der Waals surface area contributed by atoms with Crippen LogP contribution in [-0.2, 0) is 11.7 Å². The SMILES string of the molecule is N[C@]1(c2ccccc2)[C@@H]2CCN(c3nc4ncc(Sc5cccnc5C(F)(F)F)nc4[nH]3)C[C@@H]21. The summed E-state index contributed by atoms with van der Waals surface area (Å²) in [6, 6.07) is 13.0. The van der Waals surface area contributed by atoms with E-state index >= 15 is 0 Å². The number of alkyl halides is 3. The van der Waals surface area contributed by atoms with Crippen molar-refractivity contribution in [1.29, 1.82) is 0 Å². The molecule has 1 aliphatic heterocycles. The number of piperidine rings is 1. The first-order valence-electron chi connectivity index (χ1n) is 10.9. The number of halogens is 3. The smallest absolute Gasteiger partial charge is 0.342 e. The summed E-state index contributed by atoms with van der Waals surface area (Å²) in [6.07, 6.45) is -1.04. The molecule has 11 heteroatoms. The summed E-state index contributed by atoms with van der Waals surface area (Å²) in [7, 11) is 0. The van der Waals surface area contributed by atoms with Crippen molar-refractivity contribution >= 4 is 29.0 Å². The second-order valence-electron chi connectivity index (χ2n) is 8.64. The molecule has 0 amide bonds. The maximum Gasteiger partial charge on any atom is 0.434 e. The lowest BCUT2D eigenvalue weighted by Crippen LogP contribution is -2.32. The van der Waals surface area contributed by atoms with Gasteiger partial charge in [0.15, 0.2) is 17.0 Å². The molecule has 1 saturated carbocycles. The summed E-state index contributed by atoms with van der Waals surface area (Å²) in [4.78, 5) is 22.1. The van der Waals surface area contributed by atoms with Crippen LogP contribution in [0.15, 0.2) is 64.8 Å². The van der Waals surface area contributed by atoms with Crippen LogP contribution in [-0.4, -0.2) is 38.0 Å². The quantitative estimate of drug-likeness (QED) is 0.448. The predicted molar refractivity (Wildman–Crippen MR) is 121 cm³/mol. The van der Waals surface area contributed by atoms with E-state index in [0.29, 0.717) is 34.1 Å². The van der Waals surface area contributed by atoms with Gasteiger partial charge in [0.05, 0.1) is 6.20 Å². The van der Waals surface area contributed by atoms with Crippen molar-refractivity contribution in [2.24, 2.45) is 17.6 Å². The number of nitrogens with two attached hydrogens (primary N) is 1. The Balaban J connectivity index is 1.23. The molecule has 2 aliphatic rings. The molecular formula is C23H20F3N7S. The van der Waals surface area contributed by atoms with Crippen molar-refractivity contribution in [1.82, 2.24) is 24.9 Å². The van der Waals surface area contributed by atoms with Crippen LogP contribution in [0.2, 0.25) is 0 Å². The summed E-state index contributed by atoms with van der Waals surface area (Å²) in [5.41, 5.74) is 7.55. The molecule has 4 aromatic rings. The van der Waals surface area contributed by atoms with Gasteiger partial charge in [0.25, 0.3) is 0 Å². The highest BCUT2D eigenvalue weighted by atomic mass is 32.2. The van der Waals surface area contributed by atoms with Gasteiger partial charge in [0, 0.05) is 35.6 Å². The van der Waals surface area contributed by atoms with Crippen LogP contribution in [0.4, 0.5) is 19.1 Å². The predicted octanol–water partition coefficient (Wildman–Crippen LogP) is 4.23. The van der Waals surface area contributed by atoms with E-state index in [0.717, 1.165) is 43.0 Å². The van der Waals surface area contributed by atoms with Gasteiger partial charge in [0.1, 0.15) is 5.03 Å². The minimum Gasteiger partial charge on any atom is -0.342 e. The van der Waals surface area contributed by atoms with E-state index in [2.05, 4.69) is 42.0 Å². The van der Waals surface area contributed by atoms with E-state index < -0.39 is 11.9 Å². The van der Waals surface area contributed by atoms with Crippen LogP contribution in [0.5, 0.6) is 0 Å². The molecule has 4 heterocycles. The van der Waals surface area contributed by atoms with Crippen LogP contribution in [0.3, 0.4) is 0 Å². The molecule has 3 atom stereocenters. The number of fused-ring (bicyclic) bond motifs is 2. The zero-order valence-corrected chi connectivity index (χ0v) is 18.6. The van der Waals surface area contributed by atoms with Crippen LogP contribution in [0.25, 0.3) is 11.3 Å². The van der Waals surface area contributed by atoms with E-state index in [1.54, 1.807) is 0 Å². The second-order valence-corrected chi connectivity index (χ2v) is 9.70. The molecule has 34 heavy (non-hydrogen) atoms. The Hall–Kier alpha value is -3.18. The lowest BCUT2D eigenvalue weighted by Gasteiger charge is -2.25. The number of rotatable bonds is 4. The molecular weight excluding hydrogens is 463 g/mol. The summed E-state index contributed by atoms with van der Waals surface area (Å²) in [5.74, 6) is 1.42. The van der Waals surface area contributed by atoms with Gasteiger partial charge < -0.3 is 15.6 Å². The maximum absolute atomic E-state index is 13.3. The first-order valence-corrected chi connectivity index (χ1v) is 11.7. The van der Waals surface area contributed by atoms with Crippen molar-refractivity contribution in [3.05, 3.63) is 66.1 Å². The average Bonchev–Trinajstić information content (AvgIpc) is 3.21. The molecule has 2 fully saturated rings. The van der Waals surface area contributed by atoms with Gasteiger partial charge in [-0.2, -0.15) is 18.2 Å². The fourth-order valence-corrected chi connectivity index (χ4v) is 5.90. The number of aromatic nitrogens is 5. The van der Waals surface area contributed by atoms with Crippen molar-refractivity contribution in [2.45, 2.75) is 28.1 Å². The largest absolute Gasteiger partial charge is 0.434 e. The van der Waals surface area contributed by atoms with Gasteiger partial charge in [0.2, 0.25) is 5.95 Å². The highest BCUT2D eigenvalue weighted by Crippen LogP contribution is 2.59. The number of hydrogen-bond acceptors (Lipinski definition) is 7. The van der Waals surface area contributed by atoms with Gasteiger partial charge in [-0.25, -0.2) is 9.97 Å².